The van der Waals surface area contributed by atoms with E-state index in [1.807, 2.05) is 29.2 Å². The lowest BCUT2D eigenvalue weighted by Gasteiger charge is -2.49. The lowest BCUT2D eigenvalue weighted by molar-refractivity contribution is -0.139. The second-order valence-corrected chi connectivity index (χ2v) is 7.45. The Morgan fingerprint density at radius 3 is 2.65 bits per heavy atom. The summed E-state index contributed by atoms with van der Waals surface area (Å²) in [6.07, 6.45) is 6.51. The topological polar surface area (TPSA) is 23.6 Å². The maximum Gasteiger partial charge on any atom is 0.222 e. The summed E-state index contributed by atoms with van der Waals surface area (Å²) in [5.74, 6) is 0.319. The molecule has 126 valence electrons. The highest BCUT2D eigenvalue weighted by atomic mass is 35.5. The molecule has 3 rings (SSSR count). The lowest BCUT2D eigenvalue weighted by Crippen LogP contribution is -2.63. The molecule has 2 fully saturated rings. The summed E-state index contributed by atoms with van der Waals surface area (Å²) in [5.41, 5.74) is 1.26. The van der Waals surface area contributed by atoms with Gasteiger partial charge >= 0.3 is 0 Å². The number of nitrogens with zero attached hydrogens (tertiary/aromatic N) is 2. The van der Waals surface area contributed by atoms with Crippen LogP contribution < -0.4 is 0 Å². The van der Waals surface area contributed by atoms with E-state index < -0.39 is 0 Å². The Kier molecular flexibility index (Phi) is 5.60. The number of halogens is 1. The van der Waals surface area contributed by atoms with E-state index in [1.54, 1.807) is 0 Å². The van der Waals surface area contributed by atoms with Gasteiger partial charge in [0, 0.05) is 36.6 Å². The minimum absolute atomic E-state index is 0.319. The standard InChI is InChI=1S/C19H27ClN2O/c1-15-5-2-3-12-22(15)18-13-21(14-18)19(23)7-4-6-16-8-10-17(20)11-9-16/h8-11,15,18H,2-7,12-14H2,1H3/t15-/m1/s1. The number of amides is 1. The predicted octanol–water partition coefficient (Wildman–Crippen LogP) is 3.75. The maximum absolute atomic E-state index is 12.3. The summed E-state index contributed by atoms with van der Waals surface area (Å²) in [4.78, 5) is 16.9. The highest BCUT2D eigenvalue weighted by molar-refractivity contribution is 6.30. The van der Waals surface area contributed by atoms with E-state index >= 15 is 0 Å². The Hall–Kier alpha value is -1.06. The van der Waals surface area contributed by atoms with E-state index in [0.29, 0.717) is 24.4 Å². The zero-order valence-electron chi connectivity index (χ0n) is 14.0. The Bertz CT molecular complexity index is 525. The van der Waals surface area contributed by atoms with Crippen LogP contribution in [0, 0.1) is 0 Å². The Morgan fingerprint density at radius 2 is 1.96 bits per heavy atom. The normalized spacial score (nSPS) is 22.9. The van der Waals surface area contributed by atoms with Crippen molar-refractivity contribution in [3.63, 3.8) is 0 Å². The van der Waals surface area contributed by atoms with Gasteiger partial charge in [-0.2, -0.15) is 0 Å². The minimum atomic E-state index is 0.319. The molecular weight excluding hydrogens is 308 g/mol. The number of carbonyl (C=O) groups is 1. The number of aryl methyl sites for hydroxylation is 1. The molecule has 0 unspecified atom stereocenters. The van der Waals surface area contributed by atoms with Crippen LogP contribution in [-0.2, 0) is 11.2 Å². The van der Waals surface area contributed by atoms with Crippen molar-refractivity contribution in [2.24, 2.45) is 0 Å². The first-order valence-electron chi connectivity index (χ1n) is 8.91. The Labute approximate surface area is 144 Å². The zero-order chi connectivity index (χ0) is 16.2. The number of likely N-dealkylation sites (tertiary alicyclic amines) is 2. The Morgan fingerprint density at radius 1 is 1.22 bits per heavy atom. The van der Waals surface area contributed by atoms with Crippen molar-refractivity contribution in [3.05, 3.63) is 34.9 Å². The zero-order valence-corrected chi connectivity index (χ0v) is 14.8. The first kappa shape index (κ1) is 16.8. The van der Waals surface area contributed by atoms with Crippen LogP contribution >= 0.6 is 11.6 Å². The van der Waals surface area contributed by atoms with Gasteiger partial charge < -0.3 is 4.90 Å². The average molecular weight is 335 g/mol. The largest absolute Gasteiger partial charge is 0.339 e. The lowest BCUT2D eigenvalue weighted by atomic mass is 9.97. The Balaban J connectivity index is 1.36. The van der Waals surface area contributed by atoms with E-state index in [1.165, 1.54) is 31.4 Å². The van der Waals surface area contributed by atoms with Gasteiger partial charge in [-0.3, -0.25) is 9.69 Å². The highest BCUT2D eigenvalue weighted by Gasteiger charge is 2.36. The van der Waals surface area contributed by atoms with Crippen LogP contribution in [0.3, 0.4) is 0 Å². The first-order chi connectivity index (χ1) is 11.1. The van der Waals surface area contributed by atoms with Gasteiger partial charge in [0.2, 0.25) is 5.91 Å². The number of benzene rings is 1. The molecule has 2 aliphatic rings. The van der Waals surface area contributed by atoms with Crippen LogP contribution in [0.2, 0.25) is 5.02 Å². The maximum atomic E-state index is 12.3. The smallest absolute Gasteiger partial charge is 0.222 e. The van der Waals surface area contributed by atoms with Crippen molar-refractivity contribution in [1.29, 1.82) is 0 Å². The highest BCUT2D eigenvalue weighted by Crippen LogP contribution is 2.25. The average Bonchev–Trinajstić information content (AvgIpc) is 2.50. The van der Waals surface area contributed by atoms with Crippen LogP contribution in [0.4, 0.5) is 0 Å². The molecule has 3 nitrogen and oxygen atoms in total. The van der Waals surface area contributed by atoms with Gasteiger partial charge in [0.15, 0.2) is 0 Å². The second kappa shape index (κ2) is 7.67. The van der Waals surface area contributed by atoms with Crippen molar-refractivity contribution in [2.75, 3.05) is 19.6 Å². The molecule has 1 amide bonds. The molecular formula is C19H27ClN2O. The van der Waals surface area contributed by atoms with Crippen LogP contribution in [-0.4, -0.2) is 47.4 Å². The van der Waals surface area contributed by atoms with Crippen LogP contribution in [0.5, 0.6) is 0 Å². The number of hydrogen-bond acceptors (Lipinski definition) is 2. The van der Waals surface area contributed by atoms with E-state index in [9.17, 15) is 4.79 Å². The van der Waals surface area contributed by atoms with E-state index in [0.717, 1.165) is 31.0 Å². The van der Waals surface area contributed by atoms with Crippen LogP contribution in [0.25, 0.3) is 0 Å². The quantitative estimate of drug-likeness (QED) is 0.818. The second-order valence-electron chi connectivity index (χ2n) is 7.02. The fraction of sp³-hybridized carbons (Fsp3) is 0.632. The number of carbonyl (C=O) groups excluding carboxylic acids is 1. The van der Waals surface area contributed by atoms with E-state index in [-0.39, 0.29) is 0 Å². The van der Waals surface area contributed by atoms with Gasteiger partial charge in [-0.15, -0.1) is 0 Å². The molecule has 0 spiro atoms. The van der Waals surface area contributed by atoms with Crippen molar-refractivity contribution < 1.29 is 4.79 Å². The number of piperidine rings is 1. The molecule has 2 aliphatic heterocycles. The molecule has 23 heavy (non-hydrogen) atoms. The molecule has 0 N–H and O–H groups in total. The molecule has 0 saturated carbocycles. The number of rotatable bonds is 5. The predicted molar refractivity (Wildman–Crippen MR) is 94.8 cm³/mol. The van der Waals surface area contributed by atoms with Gasteiger partial charge in [-0.25, -0.2) is 0 Å². The monoisotopic (exact) mass is 334 g/mol. The molecule has 1 atom stereocenters. The van der Waals surface area contributed by atoms with Gasteiger partial charge in [0.1, 0.15) is 0 Å². The van der Waals surface area contributed by atoms with Crippen molar-refractivity contribution in [1.82, 2.24) is 9.80 Å². The molecule has 4 heteroatoms. The molecule has 0 aliphatic carbocycles. The summed E-state index contributed by atoms with van der Waals surface area (Å²) < 4.78 is 0. The first-order valence-corrected chi connectivity index (χ1v) is 9.29. The van der Waals surface area contributed by atoms with Gasteiger partial charge in [0.05, 0.1) is 0 Å². The van der Waals surface area contributed by atoms with Gasteiger partial charge in [-0.05, 0) is 56.8 Å². The SMILES string of the molecule is C[C@@H]1CCCCN1C1CN(C(=O)CCCc2ccc(Cl)cc2)C1. The van der Waals surface area contributed by atoms with Gasteiger partial charge in [-0.1, -0.05) is 30.2 Å². The summed E-state index contributed by atoms with van der Waals surface area (Å²) in [6.45, 7) is 5.41. The summed E-state index contributed by atoms with van der Waals surface area (Å²) in [6, 6.07) is 9.22. The third-order valence-corrected chi connectivity index (χ3v) is 5.56. The minimum Gasteiger partial charge on any atom is -0.339 e. The molecule has 0 aromatic heterocycles. The van der Waals surface area contributed by atoms with Crippen molar-refractivity contribution >= 4 is 17.5 Å². The molecule has 1 aromatic carbocycles. The van der Waals surface area contributed by atoms with E-state index in [4.69, 9.17) is 11.6 Å². The summed E-state index contributed by atoms with van der Waals surface area (Å²) in [7, 11) is 0. The third kappa shape index (κ3) is 4.27. The van der Waals surface area contributed by atoms with Gasteiger partial charge in [0.25, 0.3) is 0 Å². The summed E-state index contributed by atoms with van der Waals surface area (Å²) >= 11 is 5.89. The molecule has 1 aromatic rings. The van der Waals surface area contributed by atoms with Crippen molar-refractivity contribution in [2.45, 2.75) is 57.5 Å². The van der Waals surface area contributed by atoms with Crippen LogP contribution in [0.1, 0.15) is 44.6 Å². The fourth-order valence-corrected chi connectivity index (χ4v) is 3.91. The molecule has 0 bridgehead atoms. The molecule has 2 heterocycles. The third-order valence-electron chi connectivity index (χ3n) is 5.31. The van der Waals surface area contributed by atoms with E-state index in [2.05, 4.69) is 11.8 Å². The van der Waals surface area contributed by atoms with Crippen molar-refractivity contribution in [3.8, 4) is 0 Å². The summed E-state index contributed by atoms with van der Waals surface area (Å²) in [5, 5.41) is 0.767. The molecule has 0 radical (unpaired) electrons. The number of hydrogen-bond donors (Lipinski definition) is 0. The van der Waals surface area contributed by atoms with Crippen LogP contribution in [0.15, 0.2) is 24.3 Å². The molecule has 2 saturated heterocycles. The fourth-order valence-electron chi connectivity index (χ4n) is 3.78.